The van der Waals surface area contributed by atoms with Crippen LogP contribution in [0, 0.1) is 5.92 Å². The van der Waals surface area contributed by atoms with Gasteiger partial charge in [0, 0.05) is 12.0 Å². The summed E-state index contributed by atoms with van der Waals surface area (Å²) in [6.07, 6.45) is 9.48. The van der Waals surface area contributed by atoms with Crippen molar-refractivity contribution < 1.29 is 9.59 Å². The fourth-order valence-corrected chi connectivity index (χ4v) is 2.63. The third-order valence-electron chi connectivity index (χ3n) is 3.88. The number of allylic oxidation sites excluding steroid dienone is 3. The largest absolute Gasteiger partial charge is 0.324 e. The van der Waals surface area contributed by atoms with Crippen molar-refractivity contribution in [3.63, 3.8) is 0 Å². The Morgan fingerprint density at radius 3 is 2.52 bits per heavy atom. The van der Waals surface area contributed by atoms with E-state index in [1.165, 1.54) is 0 Å². The van der Waals surface area contributed by atoms with E-state index in [0.717, 1.165) is 19.3 Å². The topological polar surface area (TPSA) is 58.2 Å². The van der Waals surface area contributed by atoms with Crippen LogP contribution in [0.15, 0.2) is 48.1 Å². The number of hydrogen-bond donors (Lipinski definition) is 2. The van der Waals surface area contributed by atoms with Crippen LogP contribution in [0.1, 0.15) is 39.5 Å². The monoisotopic (exact) mass is 312 g/mol. The van der Waals surface area contributed by atoms with Gasteiger partial charge in [-0.3, -0.25) is 9.59 Å². The van der Waals surface area contributed by atoms with E-state index >= 15 is 0 Å². The minimum Gasteiger partial charge on any atom is -0.324 e. The molecule has 0 aliphatic heterocycles. The van der Waals surface area contributed by atoms with E-state index < -0.39 is 0 Å². The highest BCUT2D eigenvalue weighted by Crippen LogP contribution is 2.24. The second-order valence-corrected chi connectivity index (χ2v) is 5.81. The fraction of sp³-hybridized carbons (Fsp3) is 0.368. The lowest BCUT2D eigenvalue weighted by Crippen LogP contribution is -2.18. The molecule has 0 bridgehead atoms. The molecule has 23 heavy (non-hydrogen) atoms. The normalized spacial score (nSPS) is 17.1. The van der Waals surface area contributed by atoms with Crippen molar-refractivity contribution in [1.82, 2.24) is 0 Å². The lowest BCUT2D eigenvalue weighted by Gasteiger charge is -2.13. The van der Waals surface area contributed by atoms with Gasteiger partial charge in [-0.2, -0.15) is 0 Å². The molecule has 1 unspecified atom stereocenters. The van der Waals surface area contributed by atoms with Crippen LogP contribution in [0.2, 0.25) is 0 Å². The van der Waals surface area contributed by atoms with Crippen LogP contribution in [-0.4, -0.2) is 11.8 Å². The minimum absolute atomic E-state index is 0.0240. The number of amides is 2. The van der Waals surface area contributed by atoms with Gasteiger partial charge in [0.2, 0.25) is 5.91 Å². The first-order valence-electron chi connectivity index (χ1n) is 8.13. The molecule has 4 heteroatoms. The molecule has 1 aliphatic rings. The third kappa shape index (κ3) is 5.09. The Balaban J connectivity index is 2.02. The molecular formula is C19H24N2O2. The Morgan fingerprint density at radius 2 is 1.91 bits per heavy atom. The van der Waals surface area contributed by atoms with E-state index in [9.17, 15) is 9.59 Å². The molecule has 4 nitrogen and oxygen atoms in total. The molecule has 0 aromatic heterocycles. The van der Waals surface area contributed by atoms with Gasteiger partial charge in [0.25, 0.3) is 5.91 Å². The van der Waals surface area contributed by atoms with Crippen LogP contribution in [-0.2, 0) is 9.59 Å². The van der Waals surface area contributed by atoms with Crippen LogP contribution in [0.5, 0.6) is 0 Å². The summed E-state index contributed by atoms with van der Waals surface area (Å²) in [5, 5.41) is 5.76. The third-order valence-corrected chi connectivity index (χ3v) is 3.88. The van der Waals surface area contributed by atoms with E-state index in [4.69, 9.17) is 0 Å². The van der Waals surface area contributed by atoms with Crippen molar-refractivity contribution >= 4 is 23.2 Å². The standard InChI is InChI=1S/C19H24N2O2/c1-3-8-14(2)19(23)21-17-12-7-6-11-16(17)20-18(22)13-15-9-4-5-10-15/h4,6-9,11-12,15H,3,5,10,13H2,1-2H3,(H,20,22)(H,21,23). The highest BCUT2D eigenvalue weighted by Gasteiger charge is 2.15. The number of carbonyl (C=O) groups is 2. The van der Waals surface area contributed by atoms with E-state index in [-0.39, 0.29) is 11.8 Å². The van der Waals surface area contributed by atoms with Crippen molar-refractivity contribution in [2.45, 2.75) is 39.5 Å². The zero-order valence-corrected chi connectivity index (χ0v) is 13.8. The lowest BCUT2D eigenvalue weighted by molar-refractivity contribution is -0.117. The summed E-state index contributed by atoms with van der Waals surface area (Å²) in [5.74, 6) is 0.155. The molecule has 1 aromatic rings. The van der Waals surface area contributed by atoms with Gasteiger partial charge < -0.3 is 10.6 Å². The van der Waals surface area contributed by atoms with Crippen molar-refractivity contribution in [3.8, 4) is 0 Å². The number of hydrogen-bond acceptors (Lipinski definition) is 2. The minimum atomic E-state index is -0.146. The average molecular weight is 312 g/mol. The first-order chi connectivity index (χ1) is 11.1. The maximum atomic E-state index is 12.2. The fourth-order valence-electron chi connectivity index (χ4n) is 2.63. The van der Waals surface area contributed by atoms with Crippen LogP contribution in [0.4, 0.5) is 11.4 Å². The van der Waals surface area contributed by atoms with E-state index in [0.29, 0.717) is 29.3 Å². The number of carbonyl (C=O) groups excluding carboxylic acids is 2. The van der Waals surface area contributed by atoms with Crippen LogP contribution < -0.4 is 10.6 Å². The zero-order valence-electron chi connectivity index (χ0n) is 13.8. The number of rotatable bonds is 6. The van der Waals surface area contributed by atoms with Gasteiger partial charge in [0.05, 0.1) is 11.4 Å². The van der Waals surface area contributed by atoms with Crippen LogP contribution in [0.3, 0.4) is 0 Å². The lowest BCUT2D eigenvalue weighted by atomic mass is 10.0. The summed E-state index contributed by atoms with van der Waals surface area (Å²) >= 11 is 0. The van der Waals surface area contributed by atoms with E-state index in [2.05, 4.69) is 22.8 Å². The van der Waals surface area contributed by atoms with Gasteiger partial charge in [0.1, 0.15) is 0 Å². The Bertz CT molecular complexity index is 632. The number of nitrogens with one attached hydrogen (secondary N) is 2. The smallest absolute Gasteiger partial charge is 0.251 e. The number of benzene rings is 1. The van der Waals surface area contributed by atoms with Crippen molar-refractivity contribution in [2.75, 3.05) is 10.6 Å². The molecule has 0 heterocycles. The molecule has 0 spiro atoms. The Morgan fingerprint density at radius 1 is 1.22 bits per heavy atom. The van der Waals surface area contributed by atoms with Gasteiger partial charge >= 0.3 is 0 Å². The predicted octanol–water partition coefficient (Wildman–Crippen LogP) is 4.28. The molecule has 0 fully saturated rings. The average Bonchev–Trinajstić information content (AvgIpc) is 3.02. The van der Waals surface area contributed by atoms with Crippen molar-refractivity contribution in [3.05, 3.63) is 48.1 Å². The molecular weight excluding hydrogens is 288 g/mol. The summed E-state index contributed by atoms with van der Waals surface area (Å²) in [5.41, 5.74) is 1.93. The molecule has 1 aliphatic carbocycles. The Hall–Kier alpha value is -2.36. The predicted molar refractivity (Wildman–Crippen MR) is 94.2 cm³/mol. The summed E-state index contributed by atoms with van der Waals surface area (Å²) in [7, 11) is 0. The number of anilines is 2. The summed E-state index contributed by atoms with van der Waals surface area (Å²) < 4.78 is 0. The first-order valence-corrected chi connectivity index (χ1v) is 8.13. The second-order valence-electron chi connectivity index (χ2n) is 5.81. The summed E-state index contributed by atoms with van der Waals surface area (Å²) in [4.78, 5) is 24.3. The molecule has 2 rings (SSSR count). The molecule has 0 saturated carbocycles. The molecule has 0 saturated heterocycles. The van der Waals surface area contributed by atoms with E-state index in [1.807, 2.05) is 25.1 Å². The van der Waals surface area contributed by atoms with Gasteiger partial charge in [0.15, 0.2) is 0 Å². The van der Waals surface area contributed by atoms with Crippen LogP contribution in [0.25, 0.3) is 0 Å². The molecule has 0 radical (unpaired) electrons. The van der Waals surface area contributed by atoms with Gasteiger partial charge in [-0.05, 0) is 44.2 Å². The van der Waals surface area contributed by atoms with Gasteiger partial charge in [-0.1, -0.05) is 37.3 Å². The highest BCUT2D eigenvalue weighted by molar-refractivity contribution is 6.06. The zero-order chi connectivity index (χ0) is 16.7. The van der Waals surface area contributed by atoms with E-state index in [1.54, 1.807) is 19.1 Å². The van der Waals surface area contributed by atoms with Crippen molar-refractivity contribution in [2.24, 2.45) is 5.92 Å². The van der Waals surface area contributed by atoms with Crippen molar-refractivity contribution in [1.29, 1.82) is 0 Å². The molecule has 1 aromatic carbocycles. The SMILES string of the molecule is CCC=C(C)C(=O)Nc1ccccc1NC(=O)CC1C=CCC1. The molecule has 122 valence electrons. The van der Waals surface area contributed by atoms with Gasteiger partial charge in [-0.25, -0.2) is 0 Å². The Kier molecular flexibility index (Phi) is 6.15. The Labute approximate surface area is 137 Å². The van der Waals surface area contributed by atoms with Crippen LogP contribution >= 0.6 is 0 Å². The summed E-state index contributed by atoms with van der Waals surface area (Å²) in [6, 6.07) is 7.28. The maximum Gasteiger partial charge on any atom is 0.251 e. The molecule has 2 amide bonds. The molecule has 1 atom stereocenters. The highest BCUT2D eigenvalue weighted by atomic mass is 16.2. The second kappa shape index (κ2) is 8.32. The number of para-hydroxylation sites is 2. The summed E-state index contributed by atoms with van der Waals surface area (Å²) in [6.45, 7) is 3.77. The first kappa shape index (κ1) is 17.0. The quantitative estimate of drug-likeness (QED) is 0.608. The molecule has 2 N–H and O–H groups in total. The maximum absolute atomic E-state index is 12.2. The van der Waals surface area contributed by atoms with Gasteiger partial charge in [-0.15, -0.1) is 0 Å².